The zero-order valence-electron chi connectivity index (χ0n) is 11.8. The molecule has 0 radical (unpaired) electrons. The first-order valence-electron chi connectivity index (χ1n) is 6.36. The van der Waals surface area contributed by atoms with Crippen molar-refractivity contribution in [1.29, 1.82) is 0 Å². The summed E-state index contributed by atoms with van der Waals surface area (Å²) < 4.78 is 14.0. The van der Waals surface area contributed by atoms with Crippen molar-refractivity contribution in [2.24, 2.45) is 4.99 Å². The first-order chi connectivity index (χ1) is 9.38. The Morgan fingerprint density at radius 3 is 2.60 bits per heavy atom. The van der Waals surface area contributed by atoms with Crippen molar-refractivity contribution < 1.29 is 9.00 Å². The minimum Gasteiger partial charge on any atom is -0.273 e. The molecule has 4 nitrogen and oxygen atoms in total. The number of carbonyl (C=O) groups is 1. The van der Waals surface area contributed by atoms with Crippen LogP contribution < -0.4 is 4.72 Å². The Labute approximate surface area is 126 Å². The molecule has 0 bridgehead atoms. The van der Waals surface area contributed by atoms with E-state index in [1.165, 1.54) is 0 Å². The van der Waals surface area contributed by atoms with Crippen molar-refractivity contribution in [2.75, 3.05) is 5.75 Å². The van der Waals surface area contributed by atoms with Gasteiger partial charge in [-0.25, -0.2) is 4.21 Å². The van der Waals surface area contributed by atoms with Crippen LogP contribution in [0.5, 0.6) is 0 Å². The molecule has 0 saturated carbocycles. The molecule has 0 saturated heterocycles. The fourth-order valence-corrected chi connectivity index (χ4v) is 3.23. The van der Waals surface area contributed by atoms with Crippen LogP contribution >= 0.6 is 11.8 Å². The number of aliphatic imine (C=N–C) groups is 1. The summed E-state index contributed by atoms with van der Waals surface area (Å²) in [5.74, 6) is 0.328. The number of carbonyl (C=O) groups excluding carboxylic acids is 1. The third-order valence-electron chi connectivity index (χ3n) is 2.72. The molecular weight excluding hydrogens is 292 g/mol. The molecular formula is C14H18N2O2S2. The maximum absolute atomic E-state index is 12.1. The molecule has 0 unspecified atom stereocenters. The Morgan fingerprint density at radius 2 is 2.00 bits per heavy atom. The molecule has 6 heteroatoms. The quantitative estimate of drug-likeness (QED) is 0.930. The summed E-state index contributed by atoms with van der Waals surface area (Å²) in [6.45, 7) is 5.47. The number of nitrogens with one attached hydrogen (secondary N) is 1. The molecule has 108 valence electrons. The minimum atomic E-state index is -1.40. The van der Waals surface area contributed by atoms with Crippen LogP contribution in [0, 0.1) is 0 Å². The number of amides is 1. The van der Waals surface area contributed by atoms with Crippen molar-refractivity contribution >= 4 is 33.7 Å². The summed E-state index contributed by atoms with van der Waals surface area (Å²) >= 11 is 1.56. The number of nitrogens with zero attached hydrogens (tertiary/aromatic N) is 1. The van der Waals surface area contributed by atoms with Crippen LogP contribution in [0.2, 0.25) is 0 Å². The highest BCUT2D eigenvalue weighted by Crippen LogP contribution is 2.23. The summed E-state index contributed by atoms with van der Waals surface area (Å²) in [4.78, 5) is 16.5. The Hall–Kier alpha value is -1.14. The Balaban J connectivity index is 2.04. The van der Waals surface area contributed by atoms with Gasteiger partial charge in [0.2, 0.25) is 0 Å². The maximum atomic E-state index is 12.1. The van der Waals surface area contributed by atoms with E-state index in [0.717, 1.165) is 10.6 Å². The van der Waals surface area contributed by atoms with Crippen LogP contribution in [0.25, 0.3) is 0 Å². The Kier molecular flexibility index (Phi) is 4.65. The molecule has 1 aromatic carbocycles. The summed E-state index contributed by atoms with van der Waals surface area (Å²) in [7, 11) is -1.40. The van der Waals surface area contributed by atoms with E-state index in [4.69, 9.17) is 0 Å². The predicted octanol–water partition coefficient (Wildman–Crippen LogP) is 2.13. The lowest BCUT2D eigenvalue weighted by Crippen LogP contribution is -2.41. The second-order valence-electron chi connectivity index (χ2n) is 5.47. The van der Waals surface area contributed by atoms with Gasteiger partial charge in [-0.05, 0) is 20.8 Å². The van der Waals surface area contributed by atoms with E-state index in [1.54, 1.807) is 11.8 Å². The molecule has 1 heterocycles. The highest BCUT2D eigenvalue weighted by molar-refractivity contribution is 8.14. The Morgan fingerprint density at radius 1 is 1.35 bits per heavy atom. The second-order valence-corrected chi connectivity index (χ2v) is 8.45. The number of thioether (sulfide) groups is 1. The van der Waals surface area contributed by atoms with Crippen molar-refractivity contribution in [3.63, 3.8) is 0 Å². The molecule has 1 aliphatic rings. The minimum absolute atomic E-state index is 0.267. The van der Waals surface area contributed by atoms with E-state index in [1.807, 2.05) is 51.1 Å². The van der Waals surface area contributed by atoms with Gasteiger partial charge in [0.1, 0.15) is 17.0 Å². The second kappa shape index (κ2) is 6.10. The standard InChI is InChI=1S/C14H18N2O2S2/c1-14(2,3)20(18)16-12(17)11-9-19-13(15-11)10-7-5-4-6-8-10/h4-8,11H,9H2,1-3H3,(H,16,17)/t11-,20+/m0/s1. The molecule has 2 atom stereocenters. The van der Waals surface area contributed by atoms with Gasteiger partial charge in [-0.1, -0.05) is 30.3 Å². The lowest BCUT2D eigenvalue weighted by Gasteiger charge is -2.18. The number of hydrogen-bond donors (Lipinski definition) is 1. The van der Waals surface area contributed by atoms with E-state index >= 15 is 0 Å². The van der Waals surface area contributed by atoms with Gasteiger partial charge in [0.25, 0.3) is 5.91 Å². The number of hydrogen-bond acceptors (Lipinski definition) is 4. The van der Waals surface area contributed by atoms with E-state index in [0.29, 0.717) is 5.75 Å². The zero-order chi connectivity index (χ0) is 14.8. The predicted molar refractivity (Wildman–Crippen MR) is 85.3 cm³/mol. The van der Waals surface area contributed by atoms with Crippen molar-refractivity contribution in [2.45, 2.75) is 31.6 Å². The van der Waals surface area contributed by atoms with E-state index < -0.39 is 21.8 Å². The topological polar surface area (TPSA) is 58.5 Å². The molecule has 20 heavy (non-hydrogen) atoms. The largest absolute Gasteiger partial charge is 0.273 e. The molecule has 1 N–H and O–H groups in total. The maximum Gasteiger partial charge on any atom is 0.257 e. The van der Waals surface area contributed by atoms with E-state index in [2.05, 4.69) is 9.71 Å². The lowest BCUT2D eigenvalue weighted by atomic mass is 10.2. The monoisotopic (exact) mass is 310 g/mol. The number of benzene rings is 1. The summed E-state index contributed by atoms with van der Waals surface area (Å²) in [5, 5.41) is 0.868. The van der Waals surface area contributed by atoms with Gasteiger partial charge in [-0.15, -0.1) is 11.8 Å². The zero-order valence-corrected chi connectivity index (χ0v) is 13.4. The van der Waals surface area contributed by atoms with Crippen LogP contribution in [0.4, 0.5) is 0 Å². The molecule has 1 amide bonds. The third kappa shape index (κ3) is 3.70. The fourth-order valence-electron chi connectivity index (χ4n) is 1.56. The smallest absolute Gasteiger partial charge is 0.257 e. The van der Waals surface area contributed by atoms with Crippen molar-refractivity contribution in [1.82, 2.24) is 4.72 Å². The number of rotatable bonds is 3. The summed E-state index contributed by atoms with van der Waals surface area (Å²) in [6, 6.07) is 9.32. The first kappa shape index (κ1) is 15.3. The van der Waals surface area contributed by atoms with E-state index in [-0.39, 0.29) is 5.91 Å². The van der Waals surface area contributed by atoms with Gasteiger partial charge in [0.15, 0.2) is 0 Å². The van der Waals surface area contributed by atoms with Crippen molar-refractivity contribution in [3.8, 4) is 0 Å². The van der Waals surface area contributed by atoms with Crippen LogP contribution in [0.15, 0.2) is 35.3 Å². The SMILES string of the molecule is CC(C)(C)[S@@](=O)NC(=O)[C@@H]1CSC(c2ccccc2)=N1. The molecule has 1 aromatic rings. The molecule has 1 aliphatic heterocycles. The molecule has 0 aromatic heterocycles. The van der Waals surface area contributed by atoms with Gasteiger partial charge in [0, 0.05) is 11.3 Å². The van der Waals surface area contributed by atoms with Crippen LogP contribution in [-0.4, -0.2) is 31.7 Å². The molecule has 2 rings (SSSR count). The highest BCUT2D eigenvalue weighted by Gasteiger charge is 2.29. The molecule has 0 fully saturated rings. The van der Waals surface area contributed by atoms with Gasteiger partial charge < -0.3 is 0 Å². The average molecular weight is 310 g/mol. The van der Waals surface area contributed by atoms with Gasteiger partial charge in [0.05, 0.1) is 9.79 Å². The summed E-state index contributed by atoms with van der Waals surface area (Å²) in [6.07, 6.45) is 0. The average Bonchev–Trinajstić information content (AvgIpc) is 2.88. The van der Waals surface area contributed by atoms with Crippen LogP contribution in [0.3, 0.4) is 0 Å². The van der Waals surface area contributed by atoms with E-state index in [9.17, 15) is 9.00 Å². The summed E-state index contributed by atoms with van der Waals surface area (Å²) in [5.41, 5.74) is 1.02. The van der Waals surface area contributed by atoms with Crippen molar-refractivity contribution in [3.05, 3.63) is 35.9 Å². The van der Waals surface area contributed by atoms with Crippen LogP contribution in [0.1, 0.15) is 26.3 Å². The fraction of sp³-hybridized carbons (Fsp3) is 0.429. The first-order valence-corrected chi connectivity index (χ1v) is 8.50. The van der Waals surface area contributed by atoms with Gasteiger partial charge in [-0.2, -0.15) is 0 Å². The third-order valence-corrected chi connectivity index (χ3v) is 5.32. The lowest BCUT2D eigenvalue weighted by molar-refractivity contribution is -0.119. The van der Waals surface area contributed by atoms with Crippen LogP contribution in [-0.2, 0) is 15.8 Å². The van der Waals surface area contributed by atoms with Gasteiger partial charge in [-0.3, -0.25) is 14.5 Å². The molecule has 0 aliphatic carbocycles. The highest BCUT2D eigenvalue weighted by atomic mass is 32.2. The van der Waals surface area contributed by atoms with Gasteiger partial charge >= 0.3 is 0 Å². The normalized spacial score (nSPS) is 20.4. The molecule has 0 spiro atoms. The Bertz CT molecular complexity index is 550.